The van der Waals surface area contributed by atoms with Crippen molar-refractivity contribution < 1.29 is 9.90 Å². The topological polar surface area (TPSA) is 68.0 Å². The van der Waals surface area contributed by atoms with Gasteiger partial charge in [-0.2, -0.15) is 0 Å². The number of aliphatic hydroxyl groups excluding tert-OH is 1. The van der Waals surface area contributed by atoms with Crippen LogP contribution in [0.2, 0.25) is 0 Å². The molecule has 0 atom stereocenters. The number of hydrogen-bond acceptors (Lipinski definition) is 4. The Balaban J connectivity index is 2.45. The quantitative estimate of drug-likeness (QED) is 0.805. The number of Topliss-reactive ketones (excluding diaryl/α,β-unsaturated/α-hetero) is 1. The van der Waals surface area contributed by atoms with E-state index in [9.17, 15) is 4.79 Å². The van der Waals surface area contributed by atoms with Gasteiger partial charge in [0.1, 0.15) is 5.78 Å². The molecule has 0 aromatic carbocycles. The minimum absolute atomic E-state index is 0.0454. The monoisotopic (exact) mass is 225 g/mol. The van der Waals surface area contributed by atoms with Gasteiger partial charge in [0.15, 0.2) is 0 Å². The number of carbonyl (C=O) groups is 1. The lowest BCUT2D eigenvalue weighted by atomic mass is 9.88. The maximum absolute atomic E-state index is 11.7. The van der Waals surface area contributed by atoms with E-state index in [1.807, 2.05) is 20.8 Å². The summed E-state index contributed by atoms with van der Waals surface area (Å²) >= 11 is 0. The van der Waals surface area contributed by atoms with Crippen molar-refractivity contribution in [3.63, 3.8) is 0 Å². The number of aliphatic hydroxyl groups is 1. The van der Waals surface area contributed by atoms with Crippen molar-refractivity contribution in [3.05, 3.63) is 11.9 Å². The van der Waals surface area contributed by atoms with Gasteiger partial charge in [0.25, 0.3) is 0 Å². The Bertz CT molecular complexity index is 352. The summed E-state index contributed by atoms with van der Waals surface area (Å²) in [6.07, 6.45) is 2.87. The molecule has 90 valence electrons. The van der Waals surface area contributed by atoms with E-state index in [0.29, 0.717) is 19.4 Å². The summed E-state index contributed by atoms with van der Waals surface area (Å²) in [5.74, 6) is 0.226. The van der Waals surface area contributed by atoms with Gasteiger partial charge in [-0.25, -0.2) is 4.68 Å². The molecule has 1 aromatic heterocycles. The molecule has 0 aliphatic carbocycles. The van der Waals surface area contributed by atoms with Gasteiger partial charge >= 0.3 is 0 Å². The highest BCUT2D eigenvalue weighted by Crippen LogP contribution is 2.17. The number of rotatable bonds is 5. The predicted octanol–water partition coefficient (Wildman–Crippen LogP) is 0.818. The Hall–Kier alpha value is -1.23. The third-order valence-electron chi connectivity index (χ3n) is 2.36. The molecule has 16 heavy (non-hydrogen) atoms. The molecule has 0 spiro atoms. The van der Waals surface area contributed by atoms with Crippen LogP contribution in [-0.2, 0) is 17.8 Å². The summed E-state index contributed by atoms with van der Waals surface area (Å²) in [6, 6.07) is 0. The van der Waals surface area contributed by atoms with Gasteiger partial charge in [0.2, 0.25) is 0 Å². The van der Waals surface area contributed by atoms with Crippen molar-refractivity contribution in [3.8, 4) is 0 Å². The van der Waals surface area contributed by atoms with E-state index in [2.05, 4.69) is 10.3 Å². The van der Waals surface area contributed by atoms with E-state index in [1.54, 1.807) is 10.9 Å². The highest BCUT2D eigenvalue weighted by molar-refractivity contribution is 5.83. The average Bonchev–Trinajstić information content (AvgIpc) is 2.61. The Kier molecular flexibility index (Phi) is 4.18. The first-order valence-electron chi connectivity index (χ1n) is 5.46. The molecule has 5 nitrogen and oxygen atoms in total. The van der Waals surface area contributed by atoms with E-state index in [0.717, 1.165) is 5.69 Å². The van der Waals surface area contributed by atoms with Crippen LogP contribution in [0, 0.1) is 5.41 Å². The lowest BCUT2D eigenvalue weighted by molar-refractivity contribution is -0.126. The maximum atomic E-state index is 11.7. The van der Waals surface area contributed by atoms with Gasteiger partial charge in [0.05, 0.1) is 18.8 Å². The summed E-state index contributed by atoms with van der Waals surface area (Å²) in [4.78, 5) is 11.7. The van der Waals surface area contributed by atoms with Crippen LogP contribution in [0.3, 0.4) is 0 Å². The minimum Gasteiger partial charge on any atom is -0.394 e. The highest BCUT2D eigenvalue weighted by atomic mass is 16.3. The lowest BCUT2D eigenvalue weighted by Gasteiger charge is -2.15. The summed E-state index contributed by atoms with van der Waals surface area (Å²) in [7, 11) is 0. The van der Waals surface area contributed by atoms with E-state index in [-0.39, 0.29) is 17.8 Å². The van der Waals surface area contributed by atoms with Crippen molar-refractivity contribution in [1.82, 2.24) is 15.0 Å². The fraction of sp³-hybridized carbons (Fsp3) is 0.727. The standard InChI is InChI=1S/C11H19N3O2/c1-11(2,3)10(16)5-4-9-8-14(6-7-15)13-12-9/h8,15H,4-7H2,1-3H3. The molecule has 0 saturated heterocycles. The Morgan fingerprint density at radius 3 is 2.75 bits per heavy atom. The maximum Gasteiger partial charge on any atom is 0.138 e. The van der Waals surface area contributed by atoms with Crippen molar-refractivity contribution in [1.29, 1.82) is 0 Å². The molecular formula is C11H19N3O2. The second-order valence-electron chi connectivity index (χ2n) is 4.87. The largest absolute Gasteiger partial charge is 0.394 e. The van der Waals surface area contributed by atoms with Crippen LogP contribution in [0.15, 0.2) is 6.20 Å². The van der Waals surface area contributed by atoms with Gasteiger partial charge < -0.3 is 5.11 Å². The highest BCUT2D eigenvalue weighted by Gasteiger charge is 2.20. The molecule has 0 radical (unpaired) electrons. The van der Waals surface area contributed by atoms with Crippen LogP contribution in [0.4, 0.5) is 0 Å². The van der Waals surface area contributed by atoms with Crippen LogP contribution < -0.4 is 0 Å². The predicted molar refractivity (Wildman–Crippen MR) is 59.9 cm³/mol. The number of carbonyl (C=O) groups excluding carboxylic acids is 1. The molecule has 1 N–H and O–H groups in total. The zero-order valence-corrected chi connectivity index (χ0v) is 10.1. The normalized spacial score (nSPS) is 11.8. The van der Waals surface area contributed by atoms with E-state index in [4.69, 9.17) is 5.11 Å². The first-order chi connectivity index (χ1) is 7.43. The van der Waals surface area contributed by atoms with Gasteiger partial charge in [-0.05, 0) is 0 Å². The first-order valence-corrected chi connectivity index (χ1v) is 5.46. The molecule has 0 aliphatic rings. The zero-order chi connectivity index (χ0) is 12.2. The molecule has 0 bridgehead atoms. The second kappa shape index (κ2) is 5.21. The SMILES string of the molecule is CC(C)(C)C(=O)CCc1cn(CCO)nn1. The number of aromatic nitrogens is 3. The fourth-order valence-corrected chi connectivity index (χ4v) is 1.28. The molecule has 0 unspecified atom stereocenters. The van der Waals surface area contributed by atoms with Gasteiger partial charge in [-0.1, -0.05) is 26.0 Å². The third kappa shape index (κ3) is 3.73. The molecule has 0 aliphatic heterocycles. The number of hydrogen-bond donors (Lipinski definition) is 1. The molecule has 0 amide bonds. The summed E-state index contributed by atoms with van der Waals surface area (Å²) in [5.41, 5.74) is 0.507. The summed E-state index contributed by atoms with van der Waals surface area (Å²) in [5, 5.41) is 16.5. The van der Waals surface area contributed by atoms with Crippen LogP contribution in [0.25, 0.3) is 0 Å². The molecule has 1 heterocycles. The first kappa shape index (κ1) is 12.8. The van der Waals surface area contributed by atoms with E-state index < -0.39 is 0 Å². The van der Waals surface area contributed by atoms with Crippen LogP contribution in [0.1, 0.15) is 32.9 Å². The number of nitrogens with zero attached hydrogens (tertiary/aromatic N) is 3. The zero-order valence-electron chi connectivity index (χ0n) is 10.1. The molecule has 5 heteroatoms. The fourth-order valence-electron chi connectivity index (χ4n) is 1.28. The van der Waals surface area contributed by atoms with Crippen molar-refractivity contribution in [2.24, 2.45) is 5.41 Å². The van der Waals surface area contributed by atoms with Crippen LogP contribution in [-0.4, -0.2) is 32.5 Å². The smallest absolute Gasteiger partial charge is 0.138 e. The Morgan fingerprint density at radius 2 is 2.19 bits per heavy atom. The second-order valence-corrected chi connectivity index (χ2v) is 4.87. The molecule has 0 saturated carbocycles. The number of ketones is 1. The van der Waals surface area contributed by atoms with Gasteiger partial charge in [-0.15, -0.1) is 5.10 Å². The van der Waals surface area contributed by atoms with E-state index in [1.165, 1.54) is 0 Å². The molecule has 1 rings (SSSR count). The van der Waals surface area contributed by atoms with Crippen LogP contribution in [0.5, 0.6) is 0 Å². The summed E-state index contributed by atoms with van der Waals surface area (Å²) < 4.78 is 1.58. The number of aryl methyl sites for hydroxylation is 1. The van der Waals surface area contributed by atoms with Crippen LogP contribution >= 0.6 is 0 Å². The average molecular weight is 225 g/mol. The van der Waals surface area contributed by atoms with Gasteiger partial charge in [0, 0.05) is 24.5 Å². The molecule has 0 fully saturated rings. The third-order valence-corrected chi connectivity index (χ3v) is 2.36. The van der Waals surface area contributed by atoms with E-state index >= 15 is 0 Å². The lowest BCUT2D eigenvalue weighted by Crippen LogP contribution is -2.20. The molecule has 1 aromatic rings. The van der Waals surface area contributed by atoms with Crippen molar-refractivity contribution in [2.75, 3.05) is 6.61 Å². The molecular weight excluding hydrogens is 206 g/mol. The summed E-state index contributed by atoms with van der Waals surface area (Å²) in [6.45, 7) is 6.23. The Morgan fingerprint density at radius 1 is 1.50 bits per heavy atom. The Labute approximate surface area is 95.5 Å². The minimum atomic E-state index is -0.291. The van der Waals surface area contributed by atoms with Gasteiger partial charge in [-0.3, -0.25) is 4.79 Å². The van der Waals surface area contributed by atoms with Crippen molar-refractivity contribution >= 4 is 5.78 Å². The van der Waals surface area contributed by atoms with Crippen molar-refractivity contribution in [2.45, 2.75) is 40.2 Å².